The number of anilines is 1. The molecule has 0 aliphatic heterocycles. The van der Waals surface area contributed by atoms with Crippen LogP contribution in [0.15, 0.2) is 29.4 Å². The number of oxime groups is 1. The van der Waals surface area contributed by atoms with Crippen molar-refractivity contribution in [1.29, 1.82) is 0 Å². The normalized spacial score (nSPS) is 10.9. The molecule has 0 atom stereocenters. The topological polar surface area (TPSA) is 123 Å². The van der Waals surface area contributed by atoms with Gasteiger partial charge in [-0.2, -0.15) is 0 Å². The van der Waals surface area contributed by atoms with E-state index in [4.69, 9.17) is 21.4 Å². The predicted molar refractivity (Wildman–Crippen MR) is 58.6 cm³/mol. The maximum absolute atomic E-state index is 10.7. The molecule has 0 aliphatic carbocycles. The molecule has 0 fully saturated rings. The number of nitrogens with one attached hydrogen (secondary N) is 1. The minimum Gasteiger partial charge on any atom is -0.483 e. The smallest absolute Gasteiger partial charge is 0.316 e. The minimum absolute atomic E-state index is 0.0751. The van der Waals surface area contributed by atoms with Gasteiger partial charge < -0.3 is 26.7 Å². The molecule has 2 amide bonds. The fraction of sp³-hybridized carbons (Fsp3) is 0.111. The molecule has 0 radical (unpaired) electrons. The monoisotopic (exact) mass is 224 g/mol. The van der Waals surface area contributed by atoms with Gasteiger partial charge in [0.05, 0.1) is 5.69 Å². The van der Waals surface area contributed by atoms with Crippen molar-refractivity contribution in [3.8, 4) is 5.75 Å². The number of amidine groups is 1. The van der Waals surface area contributed by atoms with E-state index < -0.39 is 6.03 Å². The lowest BCUT2D eigenvalue weighted by atomic mass is 10.3. The summed E-state index contributed by atoms with van der Waals surface area (Å²) in [5, 5.41) is 13.5. The van der Waals surface area contributed by atoms with Gasteiger partial charge in [-0.15, -0.1) is 0 Å². The Morgan fingerprint density at radius 3 is 2.75 bits per heavy atom. The fourth-order valence-electron chi connectivity index (χ4n) is 1.01. The van der Waals surface area contributed by atoms with Gasteiger partial charge in [-0.05, 0) is 12.1 Å². The molecule has 0 bridgehead atoms. The van der Waals surface area contributed by atoms with Crippen molar-refractivity contribution < 1.29 is 14.7 Å². The van der Waals surface area contributed by atoms with Gasteiger partial charge in [0.25, 0.3) is 0 Å². The Morgan fingerprint density at radius 2 is 2.12 bits per heavy atom. The van der Waals surface area contributed by atoms with Crippen LogP contribution in [-0.2, 0) is 0 Å². The number of amides is 2. The first-order chi connectivity index (χ1) is 7.63. The van der Waals surface area contributed by atoms with Gasteiger partial charge >= 0.3 is 6.03 Å². The highest BCUT2D eigenvalue weighted by atomic mass is 16.5. The number of primary amides is 1. The van der Waals surface area contributed by atoms with Crippen LogP contribution in [0.5, 0.6) is 5.75 Å². The van der Waals surface area contributed by atoms with Crippen molar-refractivity contribution in [2.24, 2.45) is 16.6 Å². The number of ether oxygens (including phenoxy) is 1. The molecule has 86 valence electrons. The van der Waals surface area contributed by atoms with Gasteiger partial charge in [-0.25, -0.2) is 4.79 Å². The first-order valence-electron chi connectivity index (χ1n) is 4.38. The first-order valence-corrected chi connectivity index (χ1v) is 4.38. The number of urea groups is 1. The van der Waals surface area contributed by atoms with Crippen molar-refractivity contribution in [1.82, 2.24) is 0 Å². The number of carbonyl (C=O) groups is 1. The lowest BCUT2D eigenvalue weighted by Crippen LogP contribution is -2.23. The third kappa shape index (κ3) is 3.37. The molecule has 0 heterocycles. The van der Waals surface area contributed by atoms with Gasteiger partial charge in [-0.3, -0.25) is 0 Å². The summed E-state index contributed by atoms with van der Waals surface area (Å²) in [7, 11) is 0. The van der Waals surface area contributed by atoms with E-state index in [1.807, 2.05) is 0 Å². The predicted octanol–water partition coefficient (Wildman–Crippen LogP) is 0.302. The Bertz CT molecular complexity index is 405. The van der Waals surface area contributed by atoms with E-state index in [-0.39, 0.29) is 12.4 Å². The highest BCUT2D eigenvalue weighted by molar-refractivity contribution is 5.89. The number of nitrogens with two attached hydrogens (primary N) is 2. The second-order valence-corrected chi connectivity index (χ2v) is 2.87. The van der Waals surface area contributed by atoms with E-state index in [1.165, 1.54) is 0 Å². The molecule has 0 saturated carbocycles. The third-order valence-corrected chi connectivity index (χ3v) is 1.65. The minimum atomic E-state index is -0.695. The number of para-hydroxylation sites is 2. The molecule has 1 aromatic rings. The number of benzene rings is 1. The van der Waals surface area contributed by atoms with Gasteiger partial charge in [0.2, 0.25) is 0 Å². The maximum atomic E-state index is 10.7. The average molecular weight is 224 g/mol. The molecule has 0 spiro atoms. The summed E-state index contributed by atoms with van der Waals surface area (Å²) in [6.45, 7) is -0.0893. The molecule has 0 aliphatic rings. The quantitative estimate of drug-likeness (QED) is 0.254. The molecule has 0 saturated heterocycles. The number of hydrogen-bond acceptors (Lipinski definition) is 4. The van der Waals surface area contributed by atoms with E-state index in [9.17, 15) is 4.79 Å². The van der Waals surface area contributed by atoms with E-state index in [1.54, 1.807) is 24.3 Å². The Labute approximate surface area is 91.7 Å². The summed E-state index contributed by atoms with van der Waals surface area (Å²) in [6, 6.07) is 5.97. The van der Waals surface area contributed by atoms with Gasteiger partial charge in [0.15, 0.2) is 5.84 Å². The van der Waals surface area contributed by atoms with Crippen molar-refractivity contribution in [3.63, 3.8) is 0 Å². The zero-order valence-corrected chi connectivity index (χ0v) is 8.38. The Morgan fingerprint density at radius 1 is 1.44 bits per heavy atom. The average Bonchev–Trinajstić information content (AvgIpc) is 2.26. The Balaban J connectivity index is 2.74. The van der Waals surface area contributed by atoms with Crippen LogP contribution in [-0.4, -0.2) is 23.7 Å². The van der Waals surface area contributed by atoms with Crippen LogP contribution >= 0.6 is 0 Å². The number of rotatable bonds is 4. The molecule has 0 unspecified atom stereocenters. The number of nitrogens with zero attached hydrogens (tertiary/aromatic N) is 1. The number of hydrogen-bond donors (Lipinski definition) is 4. The molecule has 1 aromatic carbocycles. The number of carbonyl (C=O) groups excluding carboxylic acids is 1. The van der Waals surface area contributed by atoms with Crippen LogP contribution in [0.4, 0.5) is 10.5 Å². The van der Waals surface area contributed by atoms with Gasteiger partial charge in [0, 0.05) is 0 Å². The second-order valence-electron chi connectivity index (χ2n) is 2.87. The summed E-state index contributed by atoms with van der Waals surface area (Å²) >= 11 is 0. The molecule has 1 rings (SSSR count). The molecular formula is C9H12N4O3. The van der Waals surface area contributed by atoms with Gasteiger partial charge in [0.1, 0.15) is 12.4 Å². The van der Waals surface area contributed by atoms with Gasteiger partial charge in [-0.1, -0.05) is 17.3 Å². The van der Waals surface area contributed by atoms with Crippen LogP contribution in [0.25, 0.3) is 0 Å². The summed E-state index contributed by atoms with van der Waals surface area (Å²) in [5.41, 5.74) is 10.6. The molecule has 6 N–H and O–H groups in total. The van der Waals surface area contributed by atoms with Crippen LogP contribution in [0.1, 0.15) is 0 Å². The van der Waals surface area contributed by atoms with Crippen molar-refractivity contribution >= 4 is 17.6 Å². The lowest BCUT2D eigenvalue weighted by Gasteiger charge is -2.10. The lowest BCUT2D eigenvalue weighted by molar-refractivity contribution is 0.259. The molecule has 16 heavy (non-hydrogen) atoms. The summed E-state index contributed by atoms with van der Waals surface area (Å²) < 4.78 is 5.20. The second kappa shape index (κ2) is 5.44. The first kappa shape index (κ1) is 11.6. The fourth-order valence-corrected chi connectivity index (χ4v) is 1.01. The Kier molecular flexibility index (Phi) is 3.96. The summed E-state index contributed by atoms with van der Waals surface area (Å²) in [4.78, 5) is 10.7. The Hall–Kier alpha value is -2.44. The molecule has 0 aromatic heterocycles. The zero-order chi connectivity index (χ0) is 12.0. The summed E-state index contributed by atoms with van der Waals surface area (Å²) in [5.74, 6) is 0.307. The largest absolute Gasteiger partial charge is 0.483 e. The van der Waals surface area contributed by atoms with Crippen molar-refractivity contribution in [3.05, 3.63) is 24.3 Å². The highest BCUT2D eigenvalue weighted by Gasteiger charge is 2.05. The highest BCUT2D eigenvalue weighted by Crippen LogP contribution is 2.23. The molecular weight excluding hydrogens is 212 g/mol. The van der Waals surface area contributed by atoms with Crippen LogP contribution < -0.4 is 21.5 Å². The van der Waals surface area contributed by atoms with E-state index in [0.717, 1.165) is 0 Å². The van der Waals surface area contributed by atoms with Crippen LogP contribution in [0, 0.1) is 0 Å². The van der Waals surface area contributed by atoms with E-state index >= 15 is 0 Å². The SMILES string of the molecule is NC(=O)Nc1ccccc1OC/C(N)=N/O. The van der Waals surface area contributed by atoms with E-state index in [2.05, 4.69) is 10.5 Å². The molecule has 7 heteroatoms. The summed E-state index contributed by atoms with van der Waals surface area (Å²) in [6.07, 6.45) is 0. The van der Waals surface area contributed by atoms with Crippen LogP contribution in [0.2, 0.25) is 0 Å². The zero-order valence-electron chi connectivity index (χ0n) is 8.38. The van der Waals surface area contributed by atoms with E-state index in [0.29, 0.717) is 11.4 Å². The maximum Gasteiger partial charge on any atom is 0.316 e. The van der Waals surface area contributed by atoms with Crippen molar-refractivity contribution in [2.75, 3.05) is 11.9 Å². The third-order valence-electron chi connectivity index (χ3n) is 1.65. The van der Waals surface area contributed by atoms with Crippen LogP contribution in [0.3, 0.4) is 0 Å². The van der Waals surface area contributed by atoms with Crippen molar-refractivity contribution in [2.45, 2.75) is 0 Å². The molecule has 7 nitrogen and oxygen atoms in total. The standard InChI is InChI=1S/C9H12N4O3/c10-8(13-15)5-16-7-4-2-1-3-6(7)12-9(11)14/h1-4,15H,5H2,(H2,10,13)(H3,11,12,14).